The van der Waals surface area contributed by atoms with Crippen LogP contribution < -0.4 is 15.4 Å². The number of amides is 1. The SMILES string of the molecule is CCOC(=O)COc1ccc(N/C(=C2\C(=O)Nc3ccccc32)c2ccccc2)cc1. The maximum Gasteiger partial charge on any atom is 0.344 e. The Balaban J connectivity index is 1.63. The lowest BCUT2D eigenvalue weighted by molar-refractivity contribution is -0.145. The summed E-state index contributed by atoms with van der Waals surface area (Å²) in [5, 5.41) is 6.32. The number of fused-ring (bicyclic) bond motifs is 1. The maximum atomic E-state index is 12.8. The smallest absolute Gasteiger partial charge is 0.344 e. The Morgan fingerprint density at radius 2 is 1.65 bits per heavy atom. The second-order valence-corrected chi connectivity index (χ2v) is 6.86. The van der Waals surface area contributed by atoms with Crippen LogP contribution in [0.15, 0.2) is 78.9 Å². The van der Waals surface area contributed by atoms with E-state index in [0.29, 0.717) is 23.6 Å². The van der Waals surface area contributed by atoms with Crippen molar-refractivity contribution in [3.8, 4) is 5.75 Å². The molecule has 0 atom stereocenters. The normalized spacial score (nSPS) is 13.8. The highest BCUT2D eigenvalue weighted by Crippen LogP contribution is 2.37. The number of hydrogen-bond acceptors (Lipinski definition) is 5. The van der Waals surface area contributed by atoms with E-state index in [9.17, 15) is 9.59 Å². The van der Waals surface area contributed by atoms with Crippen LogP contribution in [0.1, 0.15) is 18.1 Å². The number of carbonyl (C=O) groups excluding carboxylic acids is 2. The molecule has 3 aromatic carbocycles. The molecule has 0 saturated carbocycles. The monoisotopic (exact) mass is 414 g/mol. The molecular weight excluding hydrogens is 392 g/mol. The van der Waals surface area contributed by atoms with E-state index in [2.05, 4.69) is 10.6 Å². The molecular formula is C25H22N2O4. The lowest BCUT2D eigenvalue weighted by Gasteiger charge is -2.15. The minimum atomic E-state index is -0.410. The van der Waals surface area contributed by atoms with Crippen molar-refractivity contribution in [2.45, 2.75) is 6.92 Å². The predicted octanol–water partition coefficient (Wildman–Crippen LogP) is 4.56. The largest absolute Gasteiger partial charge is 0.482 e. The van der Waals surface area contributed by atoms with Gasteiger partial charge in [0.25, 0.3) is 5.91 Å². The third-order valence-electron chi connectivity index (χ3n) is 4.77. The average Bonchev–Trinajstić information content (AvgIpc) is 3.13. The van der Waals surface area contributed by atoms with Crippen molar-refractivity contribution in [3.63, 3.8) is 0 Å². The minimum absolute atomic E-state index is 0.142. The molecule has 6 heteroatoms. The van der Waals surface area contributed by atoms with Crippen molar-refractivity contribution in [3.05, 3.63) is 90.0 Å². The molecule has 1 amide bonds. The van der Waals surface area contributed by atoms with E-state index < -0.39 is 5.97 Å². The number of rotatable bonds is 7. The molecule has 0 aliphatic carbocycles. The maximum absolute atomic E-state index is 12.8. The molecule has 1 heterocycles. The van der Waals surface area contributed by atoms with Crippen LogP contribution in [-0.2, 0) is 14.3 Å². The first-order chi connectivity index (χ1) is 15.2. The van der Waals surface area contributed by atoms with Crippen LogP contribution in [0.2, 0.25) is 0 Å². The van der Waals surface area contributed by atoms with Crippen LogP contribution in [0.5, 0.6) is 5.75 Å². The highest BCUT2D eigenvalue weighted by molar-refractivity contribution is 6.37. The van der Waals surface area contributed by atoms with Gasteiger partial charge in [-0.2, -0.15) is 0 Å². The van der Waals surface area contributed by atoms with Crippen molar-refractivity contribution in [1.82, 2.24) is 0 Å². The van der Waals surface area contributed by atoms with E-state index in [-0.39, 0.29) is 12.5 Å². The summed E-state index contributed by atoms with van der Waals surface area (Å²) in [7, 11) is 0. The molecule has 1 aliphatic heterocycles. The van der Waals surface area contributed by atoms with Crippen LogP contribution in [0.4, 0.5) is 11.4 Å². The number of anilines is 2. The predicted molar refractivity (Wildman–Crippen MR) is 121 cm³/mol. The molecule has 156 valence electrons. The van der Waals surface area contributed by atoms with Gasteiger partial charge in [0.15, 0.2) is 6.61 Å². The van der Waals surface area contributed by atoms with Crippen molar-refractivity contribution >= 4 is 34.5 Å². The van der Waals surface area contributed by atoms with Gasteiger partial charge in [-0.3, -0.25) is 4.79 Å². The van der Waals surface area contributed by atoms with Gasteiger partial charge in [-0.25, -0.2) is 4.79 Å². The second-order valence-electron chi connectivity index (χ2n) is 6.86. The van der Waals surface area contributed by atoms with Gasteiger partial charge >= 0.3 is 5.97 Å². The summed E-state index contributed by atoms with van der Waals surface area (Å²) < 4.78 is 10.3. The van der Waals surface area contributed by atoms with Crippen molar-refractivity contribution in [2.24, 2.45) is 0 Å². The van der Waals surface area contributed by atoms with E-state index in [1.54, 1.807) is 19.1 Å². The summed E-state index contributed by atoms with van der Waals surface area (Å²) in [5.41, 5.74) is 4.63. The first kappa shape index (κ1) is 20.2. The molecule has 0 radical (unpaired) electrons. The van der Waals surface area contributed by atoms with Gasteiger partial charge in [0.1, 0.15) is 5.75 Å². The fourth-order valence-electron chi connectivity index (χ4n) is 3.37. The standard InChI is InChI=1S/C25H22N2O4/c1-2-30-22(28)16-31-19-14-12-18(13-15-19)26-24(17-8-4-3-5-9-17)23-20-10-6-7-11-21(20)27-25(23)29/h3-15,26H,2,16H2,1H3,(H,27,29)/b24-23-. The molecule has 0 fully saturated rings. The van der Waals surface area contributed by atoms with Gasteiger partial charge in [-0.15, -0.1) is 0 Å². The Hall–Kier alpha value is -4.06. The Kier molecular flexibility index (Phi) is 5.98. The van der Waals surface area contributed by atoms with Crippen molar-refractivity contribution < 1.29 is 19.1 Å². The molecule has 2 N–H and O–H groups in total. The molecule has 0 saturated heterocycles. The van der Waals surface area contributed by atoms with Crippen LogP contribution in [0, 0.1) is 0 Å². The van der Waals surface area contributed by atoms with Crippen LogP contribution in [-0.4, -0.2) is 25.1 Å². The van der Waals surface area contributed by atoms with Crippen LogP contribution >= 0.6 is 0 Å². The zero-order chi connectivity index (χ0) is 21.6. The van der Waals surface area contributed by atoms with Crippen LogP contribution in [0.3, 0.4) is 0 Å². The number of carbonyl (C=O) groups is 2. The second kappa shape index (κ2) is 9.17. The van der Waals surface area contributed by atoms with Gasteiger partial charge in [-0.05, 0) is 42.8 Å². The van der Waals surface area contributed by atoms with E-state index >= 15 is 0 Å². The third-order valence-corrected chi connectivity index (χ3v) is 4.77. The number of ether oxygens (including phenoxy) is 2. The molecule has 4 rings (SSSR count). The molecule has 3 aromatic rings. The number of para-hydroxylation sites is 1. The molecule has 0 unspecified atom stereocenters. The first-order valence-electron chi connectivity index (χ1n) is 10.0. The van der Waals surface area contributed by atoms with Gasteiger partial charge in [0.05, 0.1) is 17.9 Å². The van der Waals surface area contributed by atoms with E-state index in [0.717, 1.165) is 22.5 Å². The van der Waals surface area contributed by atoms with E-state index in [4.69, 9.17) is 9.47 Å². The Bertz CT molecular complexity index is 1120. The molecule has 31 heavy (non-hydrogen) atoms. The number of esters is 1. The fourth-order valence-corrected chi connectivity index (χ4v) is 3.37. The summed E-state index contributed by atoms with van der Waals surface area (Å²) in [6.45, 7) is 1.93. The summed E-state index contributed by atoms with van der Waals surface area (Å²) in [4.78, 5) is 24.3. The van der Waals surface area contributed by atoms with E-state index in [1.807, 2.05) is 66.7 Å². The van der Waals surface area contributed by atoms with Gasteiger partial charge in [0, 0.05) is 16.9 Å². The number of nitrogens with one attached hydrogen (secondary N) is 2. The fraction of sp³-hybridized carbons (Fsp3) is 0.120. The lowest BCUT2D eigenvalue weighted by atomic mass is 10.00. The highest BCUT2D eigenvalue weighted by Gasteiger charge is 2.28. The summed E-state index contributed by atoms with van der Waals surface area (Å²) >= 11 is 0. The number of benzene rings is 3. The highest BCUT2D eigenvalue weighted by atomic mass is 16.6. The first-order valence-corrected chi connectivity index (χ1v) is 10.0. The van der Waals surface area contributed by atoms with Crippen molar-refractivity contribution in [2.75, 3.05) is 23.8 Å². The lowest BCUT2D eigenvalue weighted by Crippen LogP contribution is -2.14. The topological polar surface area (TPSA) is 76.7 Å². The zero-order valence-electron chi connectivity index (χ0n) is 17.1. The quantitative estimate of drug-likeness (QED) is 0.438. The van der Waals surface area contributed by atoms with Gasteiger partial charge in [0.2, 0.25) is 0 Å². The average molecular weight is 414 g/mol. The summed E-state index contributed by atoms with van der Waals surface area (Å²) in [5.74, 6) is -0.00914. The van der Waals surface area contributed by atoms with Gasteiger partial charge < -0.3 is 20.1 Å². The molecule has 1 aliphatic rings. The molecule has 0 bridgehead atoms. The minimum Gasteiger partial charge on any atom is -0.482 e. The van der Waals surface area contributed by atoms with Crippen molar-refractivity contribution in [1.29, 1.82) is 0 Å². The zero-order valence-corrected chi connectivity index (χ0v) is 17.1. The summed E-state index contributed by atoms with van der Waals surface area (Å²) in [6, 6.07) is 24.5. The Morgan fingerprint density at radius 1 is 0.935 bits per heavy atom. The Labute approximate surface area is 180 Å². The number of hydrogen-bond donors (Lipinski definition) is 2. The Morgan fingerprint density at radius 3 is 2.39 bits per heavy atom. The van der Waals surface area contributed by atoms with Crippen LogP contribution in [0.25, 0.3) is 11.3 Å². The van der Waals surface area contributed by atoms with E-state index in [1.165, 1.54) is 0 Å². The molecule has 0 aromatic heterocycles. The van der Waals surface area contributed by atoms with Gasteiger partial charge in [-0.1, -0.05) is 48.5 Å². The summed E-state index contributed by atoms with van der Waals surface area (Å²) in [6.07, 6.45) is 0. The molecule has 0 spiro atoms. The molecule has 6 nitrogen and oxygen atoms in total. The third kappa shape index (κ3) is 4.59.